The zero-order chi connectivity index (χ0) is 12.6. The number of H-pyrrole nitrogens is 1. The zero-order valence-corrected chi connectivity index (χ0v) is 10.9. The minimum Gasteiger partial charge on any atom is -0.370 e. The van der Waals surface area contributed by atoms with Crippen LogP contribution in [0.1, 0.15) is 55.6 Å². The van der Waals surface area contributed by atoms with Gasteiger partial charge in [-0.3, -0.25) is 4.79 Å². The predicted molar refractivity (Wildman–Crippen MR) is 68.7 cm³/mol. The van der Waals surface area contributed by atoms with Crippen molar-refractivity contribution in [1.82, 2.24) is 9.97 Å². The standard InChI is InChI=1S/C14H20N2O2/c1-18-14(8-3-2-4-9-14)13-15-11-7-5-6-10(11)12(17)16-13/h2-9H2,1H3,(H,15,16,17). The maximum atomic E-state index is 12.1. The molecule has 0 atom stereocenters. The molecule has 3 rings (SSSR count). The van der Waals surface area contributed by atoms with Gasteiger partial charge in [0.1, 0.15) is 11.4 Å². The number of aromatic amines is 1. The summed E-state index contributed by atoms with van der Waals surface area (Å²) in [6.45, 7) is 0. The quantitative estimate of drug-likeness (QED) is 0.871. The van der Waals surface area contributed by atoms with Crippen molar-refractivity contribution in [1.29, 1.82) is 0 Å². The number of methoxy groups -OCH3 is 1. The fraction of sp³-hybridized carbons (Fsp3) is 0.714. The molecule has 2 aliphatic carbocycles. The Bertz CT molecular complexity index is 501. The van der Waals surface area contributed by atoms with Crippen LogP contribution >= 0.6 is 0 Å². The zero-order valence-electron chi connectivity index (χ0n) is 10.9. The van der Waals surface area contributed by atoms with Gasteiger partial charge in [0.15, 0.2) is 0 Å². The lowest BCUT2D eigenvalue weighted by atomic mass is 9.84. The molecule has 4 nitrogen and oxygen atoms in total. The molecule has 4 heteroatoms. The number of nitrogens with zero attached hydrogens (tertiary/aromatic N) is 1. The molecule has 18 heavy (non-hydrogen) atoms. The minimum absolute atomic E-state index is 0.0505. The van der Waals surface area contributed by atoms with Gasteiger partial charge in [-0.1, -0.05) is 19.3 Å². The van der Waals surface area contributed by atoms with Gasteiger partial charge in [-0.15, -0.1) is 0 Å². The minimum atomic E-state index is -0.352. The summed E-state index contributed by atoms with van der Waals surface area (Å²) >= 11 is 0. The fourth-order valence-corrected chi connectivity index (χ4v) is 3.32. The first-order chi connectivity index (χ1) is 8.75. The molecule has 1 aromatic rings. The van der Waals surface area contributed by atoms with Crippen LogP contribution in [-0.2, 0) is 23.2 Å². The van der Waals surface area contributed by atoms with Gasteiger partial charge in [0.05, 0.1) is 5.69 Å². The van der Waals surface area contributed by atoms with Gasteiger partial charge in [0.2, 0.25) is 0 Å². The van der Waals surface area contributed by atoms with E-state index in [2.05, 4.69) is 4.98 Å². The molecule has 98 valence electrons. The first-order valence-corrected chi connectivity index (χ1v) is 6.93. The van der Waals surface area contributed by atoms with E-state index >= 15 is 0 Å². The second kappa shape index (κ2) is 4.50. The van der Waals surface area contributed by atoms with Crippen LogP contribution in [0.3, 0.4) is 0 Å². The van der Waals surface area contributed by atoms with E-state index in [9.17, 15) is 4.79 Å². The summed E-state index contributed by atoms with van der Waals surface area (Å²) < 4.78 is 5.75. The molecule has 0 bridgehead atoms. The first-order valence-electron chi connectivity index (χ1n) is 6.93. The number of rotatable bonds is 2. The summed E-state index contributed by atoms with van der Waals surface area (Å²) in [5.41, 5.74) is 1.58. The highest BCUT2D eigenvalue weighted by Gasteiger charge is 2.37. The molecule has 1 N–H and O–H groups in total. The number of hydrogen-bond donors (Lipinski definition) is 1. The lowest BCUT2D eigenvalue weighted by molar-refractivity contribution is -0.0518. The summed E-state index contributed by atoms with van der Waals surface area (Å²) in [6, 6.07) is 0. The Morgan fingerprint density at radius 3 is 2.67 bits per heavy atom. The van der Waals surface area contributed by atoms with Crippen LogP contribution < -0.4 is 5.56 Å². The van der Waals surface area contributed by atoms with Crippen LogP contribution in [0, 0.1) is 0 Å². The Labute approximate surface area is 107 Å². The maximum Gasteiger partial charge on any atom is 0.254 e. The summed E-state index contributed by atoms with van der Waals surface area (Å²) in [5, 5.41) is 0. The number of fused-ring (bicyclic) bond motifs is 1. The highest BCUT2D eigenvalue weighted by Crippen LogP contribution is 2.38. The van der Waals surface area contributed by atoms with Gasteiger partial charge >= 0.3 is 0 Å². The molecule has 0 unspecified atom stereocenters. The summed E-state index contributed by atoms with van der Waals surface area (Å²) in [5.74, 6) is 0.760. The average molecular weight is 248 g/mol. The molecule has 0 aliphatic heterocycles. The van der Waals surface area contributed by atoms with E-state index in [0.29, 0.717) is 0 Å². The van der Waals surface area contributed by atoms with Gasteiger partial charge < -0.3 is 9.72 Å². The van der Waals surface area contributed by atoms with Crippen molar-refractivity contribution in [2.24, 2.45) is 0 Å². The van der Waals surface area contributed by atoms with Gasteiger partial charge in [-0.2, -0.15) is 0 Å². The molecule has 0 spiro atoms. The Hall–Kier alpha value is -1.16. The second-order valence-corrected chi connectivity index (χ2v) is 5.45. The Morgan fingerprint density at radius 2 is 1.94 bits per heavy atom. The molecule has 0 saturated heterocycles. The normalized spacial score (nSPS) is 21.8. The van der Waals surface area contributed by atoms with E-state index in [1.807, 2.05) is 0 Å². The summed E-state index contributed by atoms with van der Waals surface area (Å²) in [6.07, 6.45) is 8.33. The van der Waals surface area contributed by atoms with Crippen LogP contribution in [0.2, 0.25) is 0 Å². The van der Waals surface area contributed by atoms with Crippen molar-refractivity contribution in [2.45, 2.75) is 57.0 Å². The lowest BCUT2D eigenvalue weighted by Crippen LogP contribution is -2.36. The van der Waals surface area contributed by atoms with Crippen molar-refractivity contribution in [3.05, 3.63) is 27.4 Å². The summed E-state index contributed by atoms with van der Waals surface area (Å²) in [7, 11) is 1.73. The number of ether oxygens (including phenoxy) is 1. The van der Waals surface area contributed by atoms with E-state index in [0.717, 1.165) is 62.0 Å². The largest absolute Gasteiger partial charge is 0.370 e. The monoisotopic (exact) mass is 248 g/mol. The molecule has 1 heterocycles. The van der Waals surface area contributed by atoms with E-state index in [1.165, 1.54) is 6.42 Å². The third-order valence-electron chi connectivity index (χ3n) is 4.43. The van der Waals surface area contributed by atoms with E-state index in [1.54, 1.807) is 7.11 Å². The third kappa shape index (κ3) is 1.79. The highest BCUT2D eigenvalue weighted by molar-refractivity contribution is 5.24. The molecule has 0 radical (unpaired) electrons. The molecule has 1 saturated carbocycles. The maximum absolute atomic E-state index is 12.1. The van der Waals surface area contributed by atoms with Crippen molar-refractivity contribution < 1.29 is 4.74 Å². The number of aromatic nitrogens is 2. The highest BCUT2D eigenvalue weighted by atomic mass is 16.5. The van der Waals surface area contributed by atoms with Crippen LogP contribution in [0.4, 0.5) is 0 Å². The number of hydrogen-bond acceptors (Lipinski definition) is 3. The number of nitrogens with one attached hydrogen (secondary N) is 1. The van der Waals surface area contributed by atoms with Crippen LogP contribution in [-0.4, -0.2) is 17.1 Å². The van der Waals surface area contributed by atoms with E-state index in [4.69, 9.17) is 9.72 Å². The molecule has 1 fully saturated rings. The van der Waals surface area contributed by atoms with Crippen molar-refractivity contribution in [3.63, 3.8) is 0 Å². The van der Waals surface area contributed by atoms with Crippen molar-refractivity contribution in [2.75, 3.05) is 7.11 Å². The SMILES string of the molecule is COC1(c2nc3c(c(=O)[nH]2)CCC3)CCCCC1. The molecular formula is C14H20N2O2. The Balaban J connectivity index is 2.05. The van der Waals surface area contributed by atoms with Gasteiger partial charge in [-0.05, 0) is 32.1 Å². The predicted octanol–water partition coefficient (Wildman–Crippen LogP) is 2.06. The number of aryl methyl sites for hydroxylation is 1. The third-order valence-corrected chi connectivity index (χ3v) is 4.43. The molecule has 1 aromatic heterocycles. The fourth-order valence-electron chi connectivity index (χ4n) is 3.32. The van der Waals surface area contributed by atoms with E-state index < -0.39 is 0 Å². The lowest BCUT2D eigenvalue weighted by Gasteiger charge is -2.35. The molecule has 0 aromatic carbocycles. The van der Waals surface area contributed by atoms with Gasteiger partial charge in [-0.25, -0.2) is 4.98 Å². The molecule has 2 aliphatic rings. The smallest absolute Gasteiger partial charge is 0.254 e. The van der Waals surface area contributed by atoms with Gasteiger partial charge in [0, 0.05) is 12.7 Å². The topological polar surface area (TPSA) is 55.0 Å². The van der Waals surface area contributed by atoms with Crippen LogP contribution in [0.15, 0.2) is 4.79 Å². The van der Waals surface area contributed by atoms with E-state index in [-0.39, 0.29) is 11.2 Å². The molecular weight excluding hydrogens is 228 g/mol. The van der Waals surface area contributed by atoms with Crippen LogP contribution in [0.5, 0.6) is 0 Å². The van der Waals surface area contributed by atoms with Crippen molar-refractivity contribution >= 4 is 0 Å². The van der Waals surface area contributed by atoms with Crippen molar-refractivity contribution in [3.8, 4) is 0 Å². The second-order valence-electron chi connectivity index (χ2n) is 5.45. The summed E-state index contributed by atoms with van der Waals surface area (Å²) in [4.78, 5) is 19.8. The van der Waals surface area contributed by atoms with Gasteiger partial charge in [0.25, 0.3) is 5.56 Å². The average Bonchev–Trinajstić information content (AvgIpc) is 2.88. The molecule has 0 amide bonds. The first kappa shape index (κ1) is 11.9. The Kier molecular flexibility index (Phi) is 2.98. The van der Waals surface area contributed by atoms with Crippen LogP contribution in [0.25, 0.3) is 0 Å². The Morgan fingerprint density at radius 1 is 1.17 bits per heavy atom.